The van der Waals surface area contributed by atoms with Crippen molar-refractivity contribution >= 4 is 17.7 Å². The molecule has 1 aromatic rings. The number of likely N-dealkylation sites (N-methyl/N-ethyl adjacent to an activating group) is 1. The lowest BCUT2D eigenvalue weighted by atomic mass is 9.61. The van der Waals surface area contributed by atoms with E-state index in [1.54, 1.807) is 6.07 Å². The lowest BCUT2D eigenvalue weighted by Gasteiger charge is -2.52. The maximum atomic E-state index is 12.9. The summed E-state index contributed by atoms with van der Waals surface area (Å²) in [4.78, 5) is 39.8. The maximum Gasteiger partial charge on any atom is 0.273 e. The number of piperidine rings is 2. The van der Waals surface area contributed by atoms with Crippen LogP contribution in [0.3, 0.4) is 0 Å². The van der Waals surface area contributed by atoms with E-state index in [-0.39, 0.29) is 30.4 Å². The molecule has 0 aromatic heterocycles. The van der Waals surface area contributed by atoms with Gasteiger partial charge in [0.1, 0.15) is 11.9 Å². The summed E-state index contributed by atoms with van der Waals surface area (Å²) >= 11 is 0. The van der Waals surface area contributed by atoms with Crippen molar-refractivity contribution in [3.63, 3.8) is 0 Å². The number of carbonyl (C=O) groups is 3. The molecule has 1 aliphatic carbocycles. The van der Waals surface area contributed by atoms with Gasteiger partial charge in [-0.25, -0.2) is 5.01 Å². The molecule has 7 heteroatoms. The Morgan fingerprint density at radius 1 is 1.07 bits per heavy atom. The Kier molecular flexibility index (Phi) is 4.81. The van der Waals surface area contributed by atoms with E-state index in [1.165, 1.54) is 30.7 Å². The third-order valence-electron chi connectivity index (χ3n) is 7.46. The van der Waals surface area contributed by atoms with E-state index in [9.17, 15) is 14.4 Å². The number of imide groups is 1. The van der Waals surface area contributed by atoms with Gasteiger partial charge in [0.15, 0.2) is 0 Å². The van der Waals surface area contributed by atoms with E-state index in [0.717, 1.165) is 36.0 Å². The van der Waals surface area contributed by atoms with E-state index < -0.39 is 0 Å². The van der Waals surface area contributed by atoms with Crippen molar-refractivity contribution in [3.05, 3.63) is 29.3 Å². The van der Waals surface area contributed by atoms with Crippen molar-refractivity contribution in [2.45, 2.75) is 64.5 Å². The van der Waals surface area contributed by atoms with Crippen LogP contribution in [0.5, 0.6) is 5.75 Å². The largest absolute Gasteiger partial charge is 0.489 e. The summed E-state index contributed by atoms with van der Waals surface area (Å²) in [6.07, 6.45) is 6.24. The molecule has 5 rings (SSSR count). The molecule has 0 bridgehead atoms. The number of amides is 3. The molecular formula is C23H29N3O4. The third kappa shape index (κ3) is 3.11. The van der Waals surface area contributed by atoms with E-state index in [4.69, 9.17) is 4.74 Å². The topological polar surface area (TPSA) is 70.2 Å². The van der Waals surface area contributed by atoms with Gasteiger partial charge in [-0.15, -0.1) is 0 Å². The van der Waals surface area contributed by atoms with Crippen LogP contribution < -0.4 is 4.74 Å². The van der Waals surface area contributed by atoms with Crippen LogP contribution >= 0.6 is 0 Å². The first-order valence-electron chi connectivity index (χ1n) is 11.2. The fourth-order valence-corrected chi connectivity index (χ4v) is 5.41. The summed E-state index contributed by atoms with van der Waals surface area (Å²) in [5.41, 5.74) is 1.65. The van der Waals surface area contributed by atoms with E-state index in [1.807, 2.05) is 12.1 Å². The summed E-state index contributed by atoms with van der Waals surface area (Å²) in [5.74, 6) is -0.102. The van der Waals surface area contributed by atoms with Crippen molar-refractivity contribution in [3.8, 4) is 5.75 Å². The highest BCUT2D eigenvalue weighted by molar-refractivity contribution is 6.04. The molecule has 2 saturated heterocycles. The minimum Gasteiger partial charge on any atom is -0.489 e. The number of fused-ring (bicyclic) bond motifs is 1. The average molecular weight is 412 g/mol. The highest BCUT2D eigenvalue weighted by Crippen LogP contribution is 2.50. The average Bonchev–Trinajstić information content (AvgIpc) is 3.02. The maximum absolute atomic E-state index is 12.9. The first-order chi connectivity index (χ1) is 14.5. The number of hydrogen-bond donors (Lipinski definition) is 0. The first kappa shape index (κ1) is 19.5. The molecule has 3 amide bonds. The fourth-order valence-electron chi connectivity index (χ4n) is 5.41. The van der Waals surface area contributed by atoms with Gasteiger partial charge in [0, 0.05) is 30.4 Å². The highest BCUT2D eigenvalue weighted by Gasteiger charge is 2.48. The van der Waals surface area contributed by atoms with Gasteiger partial charge in [-0.3, -0.25) is 19.3 Å². The Bertz CT molecular complexity index is 878. The molecule has 3 heterocycles. The monoisotopic (exact) mass is 411 g/mol. The van der Waals surface area contributed by atoms with Crippen molar-refractivity contribution in [2.24, 2.45) is 5.41 Å². The molecule has 3 aliphatic heterocycles. The van der Waals surface area contributed by atoms with Crippen LogP contribution in [0.15, 0.2) is 18.2 Å². The Hall–Kier alpha value is -2.41. The number of benzene rings is 1. The number of hydrazine groups is 1. The lowest BCUT2D eigenvalue weighted by Crippen LogP contribution is -2.56. The van der Waals surface area contributed by atoms with E-state index in [0.29, 0.717) is 30.2 Å². The zero-order chi connectivity index (χ0) is 20.9. The fraction of sp³-hybridized carbons (Fsp3) is 0.609. The SMILES string of the molecule is CCN1CCC2(CCC2)C(Oc2ccc3c(c2)CN(N2C(=O)CCCC2=O)C3=O)C1. The summed E-state index contributed by atoms with van der Waals surface area (Å²) in [7, 11) is 0. The quantitative estimate of drug-likeness (QED) is 0.713. The number of likely N-dealkylation sites (tertiary alicyclic amines) is 1. The van der Waals surface area contributed by atoms with Crippen LogP contribution in [-0.2, 0) is 16.1 Å². The van der Waals surface area contributed by atoms with Crippen LogP contribution in [0.4, 0.5) is 0 Å². The van der Waals surface area contributed by atoms with Gasteiger partial charge in [-0.1, -0.05) is 13.3 Å². The second-order valence-corrected chi connectivity index (χ2v) is 9.10. The predicted molar refractivity (Wildman–Crippen MR) is 109 cm³/mol. The number of nitrogens with zero attached hydrogens (tertiary/aromatic N) is 3. The smallest absolute Gasteiger partial charge is 0.273 e. The molecule has 7 nitrogen and oxygen atoms in total. The number of rotatable bonds is 4. The number of hydrogen-bond acceptors (Lipinski definition) is 5. The van der Waals surface area contributed by atoms with E-state index >= 15 is 0 Å². The standard InChI is InChI=1S/C23H29N3O4/c1-2-24-12-11-23(9-4-10-23)19(15-24)30-17-7-8-18-16(13-17)14-25(22(18)29)26-20(27)5-3-6-21(26)28/h7-8,13,19H,2-6,9-12,14-15H2,1H3. The van der Waals surface area contributed by atoms with Gasteiger partial charge < -0.3 is 4.74 Å². The Morgan fingerprint density at radius 2 is 1.83 bits per heavy atom. The number of ether oxygens (including phenoxy) is 1. The van der Waals surface area contributed by atoms with E-state index in [2.05, 4.69) is 11.8 Å². The van der Waals surface area contributed by atoms with Gasteiger partial charge in [0.25, 0.3) is 5.91 Å². The molecular weight excluding hydrogens is 382 g/mol. The minimum absolute atomic E-state index is 0.163. The van der Waals surface area contributed by atoms with Crippen molar-refractivity contribution < 1.29 is 19.1 Å². The summed E-state index contributed by atoms with van der Waals surface area (Å²) in [6.45, 7) is 5.53. The Labute approximate surface area is 176 Å². The van der Waals surface area contributed by atoms with Crippen molar-refractivity contribution in [1.29, 1.82) is 0 Å². The molecule has 1 spiro atoms. The predicted octanol–water partition coefficient (Wildman–Crippen LogP) is 2.74. The molecule has 1 saturated carbocycles. The van der Waals surface area contributed by atoms with Gasteiger partial charge in [-0.2, -0.15) is 5.01 Å². The molecule has 0 N–H and O–H groups in total. The van der Waals surface area contributed by atoms with Crippen LogP contribution in [0.2, 0.25) is 0 Å². The third-order valence-corrected chi connectivity index (χ3v) is 7.46. The Balaban J connectivity index is 1.35. The van der Waals surface area contributed by atoms with Gasteiger partial charge in [0.05, 0.1) is 6.54 Å². The minimum atomic E-state index is -0.294. The highest BCUT2D eigenvalue weighted by atomic mass is 16.5. The molecule has 160 valence electrons. The summed E-state index contributed by atoms with van der Waals surface area (Å²) < 4.78 is 6.51. The van der Waals surface area contributed by atoms with Crippen molar-refractivity contribution in [1.82, 2.24) is 14.9 Å². The molecule has 4 aliphatic rings. The zero-order valence-corrected chi connectivity index (χ0v) is 17.6. The van der Waals surface area contributed by atoms with Gasteiger partial charge >= 0.3 is 0 Å². The first-order valence-corrected chi connectivity index (χ1v) is 11.2. The molecule has 30 heavy (non-hydrogen) atoms. The van der Waals surface area contributed by atoms with Crippen LogP contribution in [0.25, 0.3) is 0 Å². The van der Waals surface area contributed by atoms with Crippen molar-refractivity contribution in [2.75, 3.05) is 19.6 Å². The van der Waals surface area contributed by atoms with Gasteiger partial charge in [-0.05, 0) is 62.5 Å². The molecule has 1 aromatic carbocycles. The molecule has 1 atom stereocenters. The van der Waals surface area contributed by atoms with Crippen LogP contribution in [0.1, 0.15) is 67.8 Å². The molecule has 3 fully saturated rings. The normalized spacial score (nSPS) is 26.2. The van der Waals surface area contributed by atoms with Crippen LogP contribution in [0, 0.1) is 5.41 Å². The zero-order valence-electron chi connectivity index (χ0n) is 17.6. The summed E-state index contributed by atoms with van der Waals surface area (Å²) in [6, 6.07) is 5.56. The second-order valence-electron chi connectivity index (χ2n) is 9.10. The molecule has 1 unspecified atom stereocenters. The Morgan fingerprint density at radius 3 is 2.50 bits per heavy atom. The van der Waals surface area contributed by atoms with Crippen LogP contribution in [-0.4, -0.2) is 58.4 Å². The van der Waals surface area contributed by atoms with Gasteiger partial charge in [0.2, 0.25) is 11.8 Å². The summed E-state index contributed by atoms with van der Waals surface area (Å²) in [5, 5.41) is 2.35. The number of carbonyl (C=O) groups excluding carboxylic acids is 3. The molecule has 0 radical (unpaired) electrons. The lowest BCUT2D eigenvalue weighted by molar-refractivity contribution is -0.163. The second kappa shape index (κ2) is 7.38.